The molecule has 2 aromatic rings. The number of primary amides is 1. The van der Waals surface area contributed by atoms with Gasteiger partial charge in [-0.2, -0.15) is 0 Å². The number of amides is 2. The second kappa shape index (κ2) is 6.60. The molecule has 1 aliphatic rings. The quantitative estimate of drug-likeness (QED) is 0.910. The first-order valence-corrected chi connectivity index (χ1v) is 7.81. The zero-order valence-electron chi connectivity index (χ0n) is 12.8. The van der Waals surface area contributed by atoms with Crippen molar-refractivity contribution in [3.05, 3.63) is 53.7 Å². The monoisotopic (exact) mass is 309 g/mol. The van der Waals surface area contributed by atoms with Crippen molar-refractivity contribution in [3.8, 4) is 11.3 Å². The van der Waals surface area contributed by atoms with Gasteiger partial charge in [0.1, 0.15) is 5.69 Å². The average molecular weight is 309 g/mol. The minimum atomic E-state index is -0.556. The van der Waals surface area contributed by atoms with Crippen molar-refractivity contribution in [1.82, 2.24) is 10.3 Å². The minimum Gasteiger partial charge on any atom is -0.364 e. The fourth-order valence-electron chi connectivity index (χ4n) is 2.86. The van der Waals surface area contributed by atoms with Gasteiger partial charge in [-0.1, -0.05) is 31.0 Å². The summed E-state index contributed by atoms with van der Waals surface area (Å²) in [6, 6.07) is 12.6. The summed E-state index contributed by atoms with van der Waals surface area (Å²) in [6.45, 7) is 0. The highest BCUT2D eigenvalue weighted by Crippen LogP contribution is 2.20. The third-order valence-corrected chi connectivity index (χ3v) is 4.13. The van der Waals surface area contributed by atoms with E-state index in [-0.39, 0.29) is 11.6 Å². The van der Waals surface area contributed by atoms with E-state index < -0.39 is 5.91 Å². The number of benzene rings is 1. The van der Waals surface area contributed by atoms with Crippen LogP contribution in [-0.2, 0) is 0 Å². The molecule has 23 heavy (non-hydrogen) atoms. The molecular weight excluding hydrogens is 290 g/mol. The molecule has 0 atom stereocenters. The van der Waals surface area contributed by atoms with Crippen molar-refractivity contribution < 1.29 is 9.59 Å². The van der Waals surface area contributed by atoms with Gasteiger partial charge < -0.3 is 11.1 Å². The SMILES string of the molecule is NC(=O)c1cccc(-c2ccc(C(=O)NC3CCCC3)cc2)n1. The van der Waals surface area contributed by atoms with E-state index in [2.05, 4.69) is 10.3 Å². The Hall–Kier alpha value is -2.69. The largest absolute Gasteiger partial charge is 0.364 e. The molecule has 1 aliphatic carbocycles. The van der Waals surface area contributed by atoms with Crippen molar-refractivity contribution in [2.45, 2.75) is 31.7 Å². The number of hydrogen-bond acceptors (Lipinski definition) is 3. The Morgan fingerprint density at radius 1 is 1.04 bits per heavy atom. The predicted molar refractivity (Wildman–Crippen MR) is 87.9 cm³/mol. The van der Waals surface area contributed by atoms with Crippen LogP contribution in [0.5, 0.6) is 0 Å². The van der Waals surface area contributed by atoms with Crippen LogP contribution in [0.3, 0.4) is 0 Å². The van der Waals surface area contributed by atoms with Crippen molar-refractivity contribution in [2.75, 3.05) is 0 Å². The molecule has 0 spiro atoms. The molecule has 0 unspecified atom stereocenters. The Morgan fingerprint density at radius 2 is 1.74 bits per heavy atom. The third kappa shape index (κ3) is 3.56. The Balaban J connectivity index is 1.75. The Kier molecular flexibility index (Phi) is 4.37. The van der Waals surface area contributed by atoms with Crippen LogP contribution in [0.15, 0.2) is 42.5 Å². The molecule has 0 bridgehead atoms. The van der Waals surface area contributed by atoms with Crippen LogP contribution in [0.25, 0.3) is 11.3 Å². The summed E-state index contributed by atoms with van der Waals surface area (Å²) >= 11 is 0. The number of carbonyl (C=O) groups excluding carboxylic acids is 2. The fraction of sp³-hybridized carbons (Fsp3) is 0.278. The van der Waals surface area contributed by atoms with E-state index >= 15 is 0 Å². The van der Waals surface area contributed by atoms with E-state index in [1.165, 1.54) is 12.8 Å². The molecule has 1 fully saturated rings. The molecule has 5 nitrogen and oxygen atoms in total. The van der Waals surface area contributed by atoms with Gasteiger partial charge in [0, 0.05) is 17.2 Å². The van der Waals surface area contributed by atoms with Gasteiger partial charge in [-0.3, -0.25) is 9.59 Å². The molecule has 3 rings (SSSR count). The number of nitrogens with two attached hydrogens (primary N) is 1. The molecule has 5 heteroatoms. The van der Waals surface area contributed by atoms with E-state index in [9.17, 15) is 9.59 Å². The molecule has 1 heterocycles. The predicted octanol–water partition coefficient (Wildman–Crippen LogP) is 2.52. The van der Waals surface area contributed by atoms with Crippen LogP contribution >= 0.6 is 0 Å². The summed E-state index contributed by atoms with van der Waals surface area (Å²) in [5.41, 5.74) is 7.60. The number of nitrogens with one attached hydrogen (secondary N) is 1. The standard InChI is InChI=1S/C18H19N3O2/c19-17(22)16-7-3-6-15(21-16)12-8-10-13(11-9-12)18(23)20-14-4-1-2-5-14/h3,6-11,14H,1-2,4-5H2,(H2,19,22)(H,20,23). The second-order valence-electron chi connectivity index (χ2n) is 5.80. The Labute approximate surface area is 134 Å². The highest BCUT2D eigenvalue weighted by molar-refractivity contribution is 5.95. The zero-order chi connectivity index (χ0) is 16.2. The molecular formula is C18H19N3O2. The molecule has 2 amide bonds. The first kappa shape index (κ1) is 15.2. The van der Waals surface area contributed by atoms with Crippen LogP contribution in [0, 0.1) is 0 Å². The first-order valence-electron chi connectivity index (χ1n) is 7.81. The highest BCUT2D eigenvalue weighted by Gasteiger charge is 2.17. The summed E-state index contributed by atoms with van der Waals surface area (Å²) in [5, 5.41) is 3.06. The number of nitrogens with zero attached hydrogens (tertiary/aromatic N) is 1. The second-order valence-corrected chi connectivity index (χ2v) is 5.80. The van der Waals surface area contributed by atoms with Crippen molar-refractivity contribution in [1.29, 1.82) is 0 Å². The van der Waals surface area contributed by atoms with E-state index in [0.717, 1.165) is 18.4 Å². The summed E-state index contributed by atoms with van der Waals surface area (Å²) in [4.78, 5) is 27.6. The van der Waals surface area contributed by atoms with Crippen LogP contribution in [0.2, 0.25) is 0 Å². The van der Waals surface area contributed by atoms with E-state index in [0.29, 0.717) is 17.3 Å². The lowest BCUT2D eigenvalue weighted by Gasteiger charge is -2.12. The summed E-state index contributed by atoms with van der Waals surface area (Å²) < 4.78 is 0. The molecule has 118 valence electrons. The average Bonchev–Trinajstić information content (AvgIpc) is 3.08. The summed E-state index contributed by atoms with van der Waals surface area (Å²) in [5.74, 6) is -0.596. The minimum absolute atomic E-state index is 0.0395. The van der Waals surface area contributed by atoms with Crippen molar-refractivity contribution in [3.63, 3.8) is 0 Å². The van der Waals surface area contributed by atoms with Crippen molar-refractivity contribution in [2.24, 2.45) is 5.73 Å². The van der Waals surface area contributed by atoms with Gasteiger partial charge in [-0.15, -0.1) is 0 Å². The van der Waals surface area contributed by atoms with Gasteiger partial charge in [0.25, 0.3) is 11.8 Å². The molecule has 1 saturated carbocycles. The first-order chi connectivity index (χ1) is 11.1. The van der Waals surface area contributed by atoms with E-state index in [1.807, 2.05) is 12.1 Å². The van der Waals surface area contributed by atoms with Gasteiger partial charge in [0.2, 0.25) is 0 Å². The normalized spacial score (nSPS) is 14.6. The molecule has 0 aliphatic heterocycles. The number of carbonyl (C=O) groups is 2. The Morgan fingerprint density at radius 3 is 2.39 bits per heavy atom. The maximum atomic E-state index is 12.2. The maximum Gasteiger partial charge on any atom is 0.267 e. The maximum absolute atomic E-state index is 12.2. The molecule has 1 aromatic carbocycles. The lowest BCUT2D eigenvalue weighted by Crippen LogP contribution is -2.32. The third-order valence-electron chi connectivity index (χ3n) is 4.13. The number of hydrogen-bond donors (Lipinski definition) is 2. The van der Waals surface area contributed by atoms with Gasteiger partial charge in [0.15, 0.2) is 0 Å². The van der Waals surface area contributed by atoms with Crippen LogP contribution in [0.1, 0.15) is 46.5 Å². The van der Waals surface area contributed by atoms with Crippen LogP contribution < -0.4 is 11.1 Å². The lowest BCUT2D eigenvalue weighted by molar-refractivity contribution is 0.0936. The lowest BCUT2D eigenvalue weighted by atomic mass is 10.1. The Bertz CT molecular complexity index is 719. The topological polar surface area (TPSA) is 85.1 Å². The van der Waals surface area contributed by atoms with Gasteiger partial charge in [-0.05, 0) is 37.1 Å². The van der Waals surface area contributed by atoms with Crippen molar-refractivity contribution >= 4 is 11.8 Å². The van der Waals surface area contributed by atoms with Gasteiger partial charge in [0.05, 0.1) is 5.69 Å². The molecule has 0 saturated heterocycles. The zero-order valence-corrected chi connectivity index (χ0v) is 12.8. The number of rotatable bonds is 4. The van der Waals surface area contributed by atoms with E-state index in [1.54, 1.807) is 30.3 Å². The highest BCUT2D eigenvalue weighted by atomic mass is 16.2. The van der Waals surface area contributed by atoms with Gasteiger partial charge in [-0.25, -0.2) is 4.98 Å². The fourth-order valence-corrected chi connectivity index (χ4v) is 2.86. The van der Waals surface area contributed by atoms with Gasteiger partial charge >= 0.3 is 0 Å². The smallest absolute Gasteiger partial charge is 0.267 e. The van der Waals surface area contributed by atoms with Crippen LogP contribution in [0.4, 0.5) is 0 Å². The molecule has 3 N–H and O–H groups in total. The molecule has 0 radical (unpaired) electrons. The molecule has 1 aromatic heterocycles. The summed E-state index contributed by atoms with van der Waals surface area (Å²) in [7, 11) is 0. The van der Waals surface area contributed by atoms with E-state index in [4.69, 9.17) is 5.73 Å². The number of pyridine rings is 1. The summed E-state index contributed by atoms with van der Waals surface area (Å²) in [6.07, 6.45) is 4.50. The number of aromatic nitrogens is 1. The van der Waals surface area contributed by atoms with Crippen LogP contribution in [-0.4, -0.2) is 22.8 Å².